The van der Waals surface area contributed by atoms with Crippen molar-refractivity contribution in [1.29, 1.82) is 0 Å². The highest BCUT2D eigenvalue weighted by Gasteiger charge is 2.20. The van der Waals surface area contributed by atoms with Gasteiger partial charge in [0.2, 0.25) is 0 Å². The van der Waals surface area contributed by atoms with Crippen LogP contribution in [0.4, 0.5) is 14.9 Å². The second kappa shape index (κ2) is 7.24. The van der Waals surface area contributed by atoms with Crippen LogP contribution in [0.1, 0.15) is 19.8 Å². The summed E-state index contributed by atoms with van der Waals surface area (Å²) in [6.45, 7) is 6.57. The van der Waals surface area contributed by atoms with Gasteiger partial charge < -0.3 is 10.2 Å². The van der Waals surface area contributed by atoms with Crippen molar-refractivity contribution in [3.63, 3.8) is 0 Å². The van der Waals surface area contributed by atoms with Crippen molar-refractivity contribution >= 4 is 11.7 Å². The van der Waals surface area contributed by atoms with Gasteiger partial charge in [-0.3, -0.25) is 4.90 Å². The molecular formula is C15H22FN3O. The number of urea groups is 1. The lowest BCUT2D eigenvalue weighted by Crippen LogP contribution is -2.50. The van der Waals surface area contributed by atoms with E-state index in [2.05, 4.69) is 17.1 Å². The molecule has 1 fully saturated rings. The predicted molar refractivity (Wildman–Crippen MR) is 78.3 cm³/mol. The Balaban J connectivity index is 1.80. The Labute approximate surface area is 119 Å². The van der Waals surface area contributed by atoms with E-state index in [4.69, 9.17) is 0 Å². The van der Waals surface area contributed by atoms with Crippen molar-refractivity contribution in [2.45, 2.75) is 19.8 Å². The smallest absolute Gasteiger partial charge is 0.321 e. The Bertz CT molecular complexity index is 444. The second-order valence-electron chi connectivity index (χ2n) is 5.12. The number of halogens is 1. The first-order valence-corrected chi connectivity index (χ1v) is 7.23. The monoisotopic (exact) mass is 279 g/mol. The fourth-order valence-electron chi connectivity index (χ4n) is 2.33. The van der Waals surface area contributed by atoms with Crippen molar-refractivity contribution in [3.8, 4) is 0 Å². The normalized spacial score (nSPS) is 16.2. The molecule has 2 amide bonds. The van der Waals surface area contributed by atoms with Gasteiger partial charge in [0, 0.05) is 31.9 Å². The maximum atomic E-state index is 13.1. The van der Waals surface area contributed by atoms with Gasteiger partial charge in [0.05, 0.1) is 0 Å². The lowest BCUT2D eigenvalue weighted by atomic mass is 10.2. The van der Waals surface area contributed by atoms with Crippen molar-refractivity contribution in [2.24, 2.45) is 0 Å². The molecule has 1 N–H and O–H groups in total. The Hall–Kier alpha value is -1.62. The molecule has 20 heavy (non-hydrogen) atoms. The summed E-state index contributed by atoms with van der Waals surface area (Å²) in [5.74, 6) is -0.341. The molecule has 1 aliphatic rings. The van der Waals surface area contributed by atoms with Crippen LogP contribution in [0.15, 0.2) is 24.3 Å². The molecule has 1 saturated heterocycles. The van der Waals surface area contributed by atoms with Gasteiger partial charge in [0.1, 0.15) is 5.82 Å². The summed E-state index contributed by atoms with van der Waals surface area (Å²) in [6, 6.07) is 5.83. The number of unbranched alkanes of at least 4 members (excludes halogenated alkanes) is 1. The minimum absolute atomic E-state index is 0.147. The maximum Gasteiger partial charge on any atom is 0.321 e. The van der Waals surface area contributed by atoms with Crippen molar-refractivity contribution in [3.05, 3.63) is 30.1 Å². The lowest BCUT2D eigenvalue weighted by Gasteiger charge is -2.34. The van der Waals surface area contributed by atoms with Gasteiger partial charge >= 0.3 is 6.03 Å². The number of benzene rings is 1. The molecule has 0 aliphatic carbocycles. The zero-order chi connectivity index (χ0) is 14.4. The molecule has 0 unspecified atom stereocenters. The molecule has 1 aliphatic heterocycles. The molecule has 0 spiro atoms. The molecule has 0 bridgehead atoms. The first-order valence-electron chi connectivity index (χ1n) is 7.23. The van der Waals surface area contributed by atoms with Gasteiger partial charge in [-0.15, -0.1) is 0 Å². The van der Waals surface area contributed by atoms with Crippen LogP contribution >= 0.6 is 0 Å². The Kier molecular flexibility index (Phi) is 5.35. The molecule has 0 atom stereocenters. The van der Waals surface area contributed by atoms with Gasteiger partial charge in [-0.25, -0.2) is 9.18 Å². The summed E-state index contributed by atoms with van der Waals surface area (Å²) >= 11 is 0. The third-order valence-corrected chi connectivity index (χ3v) is 3.56. The van der Waals surface area contributed by atoms with Crippen LogP contribution in [0, 0.1) is 5.82 Å². The van der Waals surface area contributed by atoms with E-state index in [1.807, 2.05) is 0 Å². The van der Waals surface area contributed by atoms with Gasteiger partial charge in [0.25, 0.3) is 0 Å². The van der Waals surface area contributed by atoms with Crippen LogP contribution in [0.2, 0.25) is 0 Å². The minimum atomic E-state index is -0.341. The second-order valence-corrected chi connectivity index (χ2v) is 5.12. The maximum absolute atomic E-state index is 13.1. The van der Waals surface area contributed by atoms with E-state index in [9.17, 15) is 9.18 Å². The summed E-state index contributed by atoms with van der Waals surface area (Å²) in [7, 11) is 0. The highest BCUT2D eigenvalue weighted by Crippen LogP contribution is 2.11. The zero-order valence-corrected chi connectivity index (χ0v) is 11.9. The SMILES string of the molecule is CCCCN1CCN(C(=O)Nc2cccc(F)c2)CC1. The van der Waals surface area contributed by atoms with Crippen molar-refractivity contribution < 1.29 is 9.18 Å². The van der Waals surface area contributed by atoms with Crippen molar-refractivity contribution in [2.75, 3.05) is 38.0 Å². The minimum Gasteiger partial charge on any atom is -0.322 e. The van der Waals surface area contributed by atoms with E-state index in [0.29, 0.717) is 5.69 Å². The number of rotatable bonds is 4. The molecule has 0 aromatic heterocycles. The largest absolute Gasteiger partial charge is 0.322 e. The summed E-state index contributed by atoms with van der Waals surface area (Å²) in [5.41, 5.74) is 0.503. The number of hydrogen-bond acceptors (Lipinski definition) is 2. The third-order valence-electron chi connectivity index (χ3n) is 3.56. The molecule has 110 valence electrons. The molecule has 5 heteroatoms. The average molecular weight is 279 g/mol. The number of carbonyl (C=O) groups is 1. The topological polar surface area (TPSA) is 35.6 Å². The van der Waals surface area contributed by atoms with E-state index in [1.54, 1.807) is 17.0 Å². The number of piperazine rings is 1. The molecule has 0 radical (unpaired) electrons. The number of nitrogens with one attached hydrogen (secondary N) is 1. The zero-order valence-electron chi connectivity index (χ0n) is 11.9. The van der Waals surface area contributed by atoms with Crippen LogP contribution in [-0.4, -0.2) is 48.6 Å². The van der Waals surface area contributed by atoms with Gasteiger partial charge in [-0.1, -0.05) is 19.4 Å². The van der Waals surface area contributed by atoms with Crippen molar-refractivity contribution in [1.82, 2.24) is 9.80 Å². The fourth-order valence-corrected chi connectivity index (χ4v) is 2.33. The third kappa shape index (κ3) is 4.20. The Morgan fingerprint density at radius 1 is 1.30 bits per heavy atom. The number of hydrogen-bond donors (Lipinski definition) is 1. The van der Waals surface area contributed by atoms with Crippen LogP contribution in [0.25, 0.3) is 0 Å². The summed E-state index contributed by atoms with van der Waals surface area (Å²) in [5, 5.41) is 2.74. The van der Waals surface area contributed by atoms with Gasteiger partial charge in [-0.05, 0) is 31.2 Å². The predicted octanol–water partition coefficient (Wildman–Crippen LogP) is 2.78. The molecular weight excluding hydrogens is 257 g/mol. The highest BCUT2D eigenvalue weighted by atomic mass is 19.1. The quantitative estimate of drug-likeness (QED) is 0.920. The fraction of sp³-hybridized carbons (Fsp3) is 0.533. The molecule has 1 aromatic rings. The van der Waals surface area contributed by atoms with E-state index >= 15 is 0 Å². The highest BCUT2D eigenvalue weighted by molar-refractivity contribution is 5.89. The van der Waals surface area contributed by atoms with E-state index < -0.39 is 0 Å². The van der Waals surface area contributed by atoms with Crippen LogP contribution in [-0.2, 0) is 0 Å². The molecule has 4 nitrogen and oxygen atoms in total. The van der Waals surface area contributed by atoms with Crippen LogP contribution < -0.4 is 5.32 Å². The first-order chi connectivity index (χ1) is 9.69. The molecule has 0 saturated carbocycles. The van der Waals surface area contributed by atoms with Gasteiger partial charge in [0.15, 0.2) is 0 Å². The molecule has 1 aromatic carbocycles. The standard InChI is InChI=1S/C15H22FN3O/c1-2-3-7-18-8-10-19(11-9-18)15(20)17-14-6-4-5-13(16)12-14/h4-6,12H,2-3,7-11H2,1H3,(H,17,20). The van der Waals surface area contributed by atoms with Gasteiger partial charge in [-0.2, -0.15) is 0 Å². The first kappa shape index (κ1) is 14.8. The van der Waals surface area contributed by atoms with Crippen LogP contribution in [0.5, 0.6) is 0 Å². The summed E-state index contributed by atoms with van der Waals surface area (Å²) < 4.78 is 13.1. The number of anilines is 1. The van der Waals surface area contributed by atoms with E-state index in [0.717, 1.165) is 32.7 Å². The van der Waals surface area contributed by atoms with E-state index in [-0.39, 0.29) is 11.8 Å². The lowest BCUT2D eigenvalue weighted by molar-refractivity contribution is 0.146. The summed E-state index contributed by atoms with van der Waals surface area (Å²) in [6.07, 6.45) is 2.40. The Morgan fingerprint density at radius 2 is 2.05 bits per heavy atom. The van der Waals surface area contributed by atoms with Crippen LogP contribution in [0.3, 0.4) is 0 Å². The van der Waals surface area contributed by atoms with E-state index in [1.165, 1.54) is 25.0 Å². The number of amides is 2. The molecule has 1 heterocycles. The average Bonchev–Trinajstić information content (AvgIpc) is 2.45. The summed E-state index contributed by atoms with van der Waals surface area (Å²) in [4.78, 5) is 16.2. The number of nitrogens with zero attached hydrogens (tertiary/aromatic N) is 2. The Morgan fingerprint density at radius 3 is 2.70 bits per heavy atom. The molecule has 2 rings (SSSR count). The number of carbonyl (C=O) groups excluding carboxylic acids is 1.